The Balaban J connectivity index is 1.25. The van der Waals surface area contributed by atoms with E-state index in [1.807, 2.05) is 0 Å². The van der Waals surface area contributed by atoms with Crippen LogP contribution in [0.5, 0.6) is 0 Å². The van der Waals surface area contributed by atoms with Crippen LogP contribution >= 0.6 is 22.7 Å². The first kappa shape index (κ1) is 18.9. The van der Waals surface area contributed by atoms with Crippen molar-refractivity contribution in [2.75, 3.05) is 0 Å². The third kappa shape index (κ3) is 3.03. The standard InChI is InChI=1S/C24H14B3O3S2/c1-3-7-21-17(5-1)19-13-15(9-11-23(19)31-21)26-28-25-29-27(30-26)16-10-12-24-20(14-16)18-6-2-4-8-22(18)32-24/h1-14H. The van der Waals surface area contributed by atoms with Gasteiger partial charge in [0, 0.05) is 29.6 Å². The lowest BCUT2D eigenvalue weighted by Gasteiger charge is -2.26. The van der Waals surface area contributed by atoms with E-state index in [1.54, 1.807) is 22.7 Å². The van der Waals surface area contributed by atoms with Crippen molar-refractivity contribution in [3.8, 4) is 0 Å². The molecule has 0 spiro atoms. The molecule has 0 atom stereocenters. The molecule has 3 nitrogen and oxygen atoms in total. The molecule has 0 saturated carbocycles. The first-order valence-corrected chi connectivity index (χ1v) is 12.1. The molecule has 1 saturated heterocycles. The van der Waals surface area contributed by atoms with Gasteiger partial charge < -0.3 is 13.7 Å². The fourth-order valence-electron chi connectivity index (χ4n) is 4.40. The Morgan fingerprint density at radius 3 is 1.53 bits per heavy atom. The van der Waals surface area contributed by atoms with Gasteiger partial charge in [-0.05, 0) is 46.0 Å². The third-order valence-electron chi connectivity index (χ3n) is 5.95. The van der Waals surface area contributed by atoms with Crippen molar-refractivity contribution in [2.45, 2.75) is 0 Å². The Morgan fingerprint density at radius 2 is 1.00 bits per heavy atom. The number of thiophene rings is 2. The molecule has 0 N–H and O–H groups in total. The van der Waals surface area contributed by atoms with Crippen molar-refractivity contribution in [3.63, 3.8) is 0 Å². The van der Waals surface area contributed by atoms with Crippen LogP contribution in [0, 0.1) is 0 Å². The lowest BCUT2D eigenvalue weighted by molar-refractivity contribution is 0.321. The summed E-state index contributed by atoms with van der Waals surface area (Å²) in [6.45, 7) is 0. The summed E-state index contributed by atoms with van der Waals surface area (Å²) in [7, 11) is 0.364. The van der Waals surface area contributed by atoms with Crippen molar-refractivity contribution >= 4 is 95.9 Å². The maximum atomic E-state index is 6.26. The zero-order valence-corrected chi connectivity index (χ0v) is 18.5. The highest BCUT2D eigenvalue weighted by atomic mass is 32.1. The molecule has 1 aliphatic rings. The fraction of sp³-hybridized carbons (Fsp3) is 0. The largest absolute Gasteiger partial charge is 0.466 e. The monoisotopic (exact) mass is 447 g/mol. The molecule has 8 heteroatoms. The molecule has 1 fully saturated rings. The molecule has 0 unspecified atom stereocenters. The second-order valence-corrected chi connectivity index (χ2v) is 10.0. The summed E-state index contributed by atoms with van der Waals surface area (Å²) in [6.07, 6.45) is 0. The maximum Gasteiger partial charge on any atom is 0.466 e. The minimum Gasteiger partial charge on any atom is -0.451 e. The number of hydrogen-bond donors (Lipinski definition) is 0. The van der Waals surface area contributed by atoms with Crippen molar-refractivity contribution in [3.05, 3.63) is 84.9 Å². The molecular formula is C24H14B3O3S2. The van der Waals surface area contributed by atoms with Crippen molar-refractivity contribution < 1.29 is 13.7 Å². The summed E-state index contributed by atoms with van der Waals surface area (Å²) in [4.78, 5) is 0. The Morgan fingerprint density at radius 1 is 0.531 bits per heavy atom. The molecule has 0 amide bonds. The van der Waals surface area contributed by atoms with Crippen LogP contribution in [-0.4, -0.2) is 21.9 Å². The maximum absolute atomic E-state index is 6.26. The zero-order chi connectivity index (χ0) is 21.1. The topological polar surface area (TPSA) is 27.7 Å². The predicted molar refractivity (Wildman–Crippen MR) is 138 cm³/mol. The van der Waals surface area contributed by atoms with Crippen LogP contribution in [-0.2, 0) is 13.7 Å². The summed E-state index contributed by atoms with van der Waals surface area (Å²) in [5, 5.41) is 4.97. The molecule has 1 aliphatic heterocycles. The van der Waals surface area contributed by atoms with Gasteiger partial charge in [-0.1, -0.05) is 60.7 Å². The normalized spacial score (nSPS) is 14.6. The Labute approximate surface area is 194 Å². The van der Waals surface area contributed by atoms with Gasteiger partial charge in [-0.2, -0.15) is 0 Å². The molecule has 6 aromatic rings. The summed E-state index contributed by atoms with van der Waals surface area (Å²) in [5.41, 5.74) is 1.96. The average Bonchev–Trinajstić information content (AvgIpc) is 3.41. The van der Waals surface area contributed by atoms with Gasteiger partial charge in [0.25, 0.3) is 0 Å². The van der Waals surface area contributed by atoms with Crippen LogP contribution in [0.4, 0.5) is 0 Å². The Kier molecular flexibility index (Phi) is 4.42. The van der Waals surface area contributed by atoms with E-state index in [0.29, 0.717) is 0 Å². The van der Waals surface area contributed by atoms with E-state index >= 15 is 0 Å². The van der Waals surface area contributed by atoms with Gasteiger partial charge >= 0.3 is 21.9 Å². The smallest absolute Gasteiger partial charge is 0.451 e. The highest BCUT2D eigenvalue weighted by Crippen LogP contribution is 2.34. The number of benzene rings is 4. The molecule has 1 radical (unpaired) electrons. The highest BCUT2D eigenvalue weighted by molar-refractivity contribution is 7.26. The van der Waals surface area contributed by atoms with E-state index in [0.717, 1.165) is 10.9 Å². The van der Waals surface area contributed by atoms with Crippen molar-refractivity contribution in [1.82, 2.24) is 0 Å². The van der Waals surface area contributed by atoms with Crippen LogP contribution in [0.1, 0.15) is 0 Å². The van der Waals surface area contributed by atoms with Gasteiger partial charge in [0.2, 0.25) is 0 Å². The first-order chi connectivity index (χ1) is 15.8. The minimum atomic E-state index is -0.522. The zero-order valence-electron chi connectivity index (χ0n) is 16.9. The molecule has 0 aliphatic carbocycles. The van der Waals surface area contributed by atoms with Crippen LogP contribution < -0.4 is 10.9 Å². The molecule has 32 heavy (non-hydrogen) atoms. The van der Waals surface area contributed by atoms with Gasteiger partial charge in [-0.3, -0.25) is 0 Å². The molecule has 2 aromatic heterocycles. The van der Waals surface area contributed by atoms with Crippen molar-refractivity contribution in [1.29, 1.82) is 0 Å². The molecule has 149 valence electrons. The van der Waals surface area contributed by atoms with Crippen LogP contribution in [0.2, 0.25) is 0 Å². The minimum absolute atomic E-state index is 0.522. The summed E-state index contributed by atoms with van der Waals surface area (Å²) >= 11 is 3.61. The summed E-state index contributed by atoms with van der Waals surface area (Å²) < 4.78 is 22.8. The Hall–Kier alpha value is -2.61. The van der Waals surface area contributed by atoms with E-state index in [-0.39, 0.29) is 0 Å². The number of fused-ring (bicyclic) bond motifs is 6. The molecule has 7 rings (SSSR count). The Bertz CT molecular complexity index is 1510. The van der Waals surface area contributed by atoms with E-state index in [4.69, 9.17) is 13.7 Å². The van der Waals surface area contributed by atoms with Gasteiger partial charge in [0.1, 0.15) is 0 Å². The second-order valence-electron chi connectivity index (χ2n) is 7.88. The van der Waals surface area contributed by atoms with Gasteiger partial charge in [-0.15, -0.1) is 22.7 Å². The molecule has 0 bridgehead atoms. The average molecular weight is 447 g/mol. The summed E-state index contributed by atoms with van der Waals surface area (Å²) in [6, 6.07) is 29.8. The van der Waals surface area contributed by atoms with Crippen LogP contribution in [0.3, 0.4) is 0 Å². The molecule has 3 heterocycles. The van der Waals surface area contributed by atoms with Gasteiger partial charge in [0.05, 0.1) is 0 Å². The van der Waals surface area contributed by atoms with Crippen molar-refractivity contribution in [2.24, 2.45) is 0 Å². The number of rotatable bonds is 2. The lowest BCUT2D eigenvalue weighted by atomic mass is 9.67. The lowest BCUT2D eigenvalue weighted by Crippen LogP contribution is -2.54. The van der Waals surface area contributed by atoms with Gasteiger partial charge in [-0.25, -0.2) is 0 Å². The van der Waals surface area contributed by atoms with Crippen LogP contribution in [0.25, 0.3) is 40.3 Å². The van der Waals surface area contributed by atoms with E-state index < -0.39 is 14.2 Å². The van der Waals surface area contributed by atoms with Gasteiger partial charge in [0.15, 0.2) is 0 Å². The quantitative estimate of drug-likeness (QED) is 0.346. The predicted octanol–water partition coefficient (Wildman–Crippen LogP) is 5.11. The van der Waals surface area contributed by atoms with E-state index in [2.05, 4.69) is 84.9 Å². The summed E-state index contributed by atoms with van der Waals surface area (Å²) in [5.74, 6) is 0. The third-order valence-corrected chi connectivity index (χ3v) is 8.25. The van der Waals surface area contributed by atoms with Crippen LogP contribution in [0.15, 0.2) is 84.9 Å². The number of hydrogen-bond acceptors (Lipinski definition) is 5. The highest BCUT2D eigenvalue weighted by Gasteiger charge is 2.36. The SMILES string of the molecule is [B]1OB(c2ccc3sc4ccccc4c3c2)OB(c2ccc3sc4ccccc4c3c2)O1. The fourth-order valence-corrected chi connectivity index (χ4v) is 6.58. The second kappa shape index (κ2) is 7.47. The first-order valence-electron chi connectivity index (χ1n) is 10.4. The molecule has 4 aromatic carbocycles. The van der Waals surface area contributed by atoms with E-state index in [9.17, 15) is 0 Å². The van der Waals surface area contributed by atoms with E-state index in [1.165, 1.54) is 48.0 Å². The molecular weight excluding hydrogens is 433 g/mol.